The maximum atomic E-state index is 13.9. The quantitative estimate of drug-likeness (QED) is 0.337. The highest BCUT2D eigenvalue weighted by molar-refractivity contribution is 9.10. The average Bonchev–Trinajstić information content (AvgIpc) is 2.87. The van der Waals surface area contributed by atoms with Crippen molar-refractivity contribution in [2.24, 2.45) is 0 Å². The standard InChI is InChI=1S/C27H36BrN5O5/c1-7-20(34)23(33-13-12-32(16-17(33)2)26(36)38-27(3,4)5)24(35)22-25(30-15-21(28)31-22)29-14-18-8-10-19(37-6)11-9-18/h8-11,15,17,23H,7,12-14,16H2,1-6H3,(H,29,30). The number of anilines is 1. The molecule has 1 aliphatic rings. The van der Waals surface area contributed by atoms with E-state index >= 15 is 0 Å². The highest BCUT2D eigenvalue weighted by atomic mass is 79.9. The number of nitrogens with zero attached hydrogens (tertiary/aromatic N) is 4. The van der Waals surface area contributed by atoms with E-state index < -0.39 is 23.5 Å². The summed E-state index contributed by atoms with van der Waals surface area (Å²) in [5.41, 5.74) is 0.436. The molecule has 0 saturated carbocycles. The molecule has 0 spiro atoms. The Bertz CT molecular complexity index is 1150. The molecule has 1 aromatic carbocycles. The predicted octanol–water partition coefficient (Wildman–Crippen LogP) is 4.33. The summed E-state index contributed by atoms with van der Waals surface area (Å²) in [6, 6.07) is 6.23. The second kappa shape index (κ2) is 12.7. The zero-order chi connectivity index (χ0) is 28.0. The Morgan fingerprint density at radius 2 is 1.87 bits per heavy atom. The Morgan fingerprint density at radius 1 is 1.18 bits per heavy atom. The summed E-state index contributed by atoms with van der Waals surface area (Å²) >= 11 is 3.31. The van der Waals surface area contributed by atoms with Gasteiger partial charge in [-0.25, -0.2) is 14.8 Å². The molecule has 0 bridgehead atoms. The lowest BCUT2D eigenvalue weighted by molar-refractivity contribution is -0.124. The van der Waals surface area contributed by atoms with Crippen molar-refractivity contribution in [3.05, 3.63) is 46.3 Å². The van der Waals surface area contributed by atoms with Crippen molar-refractivity contribution in [1.82, 2.24) is 19.8 Å². The minimum Gasteiger partial charge on any atom is -0.497 e. The van der Waals surface area contributed by atoms with Gasteiger partial charge in [0.15, 0.2) is 17.3 Å². The zero-order valence-electron chi connectivity index (χ0n) is 22.8. The molecule has 2 heterocycles. The van der Waals surface area contributed by atoms with Crippen LogP contribution in [0.4, 0.5) is 10.6 Å². The van der Waals surface area contributed by atoms with Crippen molar-refractivity contribution in [3.63, 3.8) is 0 Å². The smallest absolute Gasteiger partial charge is 0.410 e. The molecule has 1 aliphatic heterocycles. The largest absolute Gasteiger partial charge is 0.497 e. The molecule has 2 aromatic rings. The van der Waals surface area contributed by atoms with Gasteiger partial charge in [-0.05, 0) is 61.3 Å². The van der Waals surface area contributed by atoms with Crippen LogP contribution in [0.5, 0.6) is 5.75 Å². The normalized spacial score (nSPS) is 17.0. The first-order valence-corrected chi connectivity index (χ1v) is 13.4. The van der Waals surface area contributed by atoms with Gasteiger partial charge in [0.05, 0.1) is 13.3 Å². The van der Waals surface area contributed by atoms with Crippen molar-refractivity contribution >= 4 is 39.4 Å². The molecule has 1 N–H and O–H groups in total. The lowest BCUT2D eigenvalue weighted by atomic mass is 9.98. The van der Waals surface area contributed by atoms with Gasteiger partial charge in [-0.2, -0.15) is 0 Å². The van der Waals surface area contributed by atoms with Crippen LogP contribution in [0.2, 0.25) is 0 Å². The second-order valence-electron chi connectivity index (χ2n) is 10.2. The highest BCUT2D eigenvalue weighted by Crippen LogP contribution is 2.24. The number of amides is 1. The monoisotopic (exact) mass is 589 g/mol. The third kappa shape index (κ3) is 7.50. The number of carbonyl (C=O) groups excluding carboxylic acids is 3. The molecule has 10 nitrogen and oxygen atoms in total. The summed E-state index contributed by atoms with van der Waals surface area (Å²) in [6.45, 7) is 10.5. The molecule has 1 amide bonds. The number of hydrogen-bond donors (Lipinski definition) is 1. The van der Waals surface area contributed by atoms with Crippen molar-refractivity contribution in [2.45, 2.75) is 65.3 Å². The Hall–Kier alpha value is -3.05. The van der Waals surface area contributed by atoms with Crippen LogP contribution < -0.4 is 10.1 Å². The van der Waals surface area contributed by atoms with E-state index in [1.807, 2.05) is 56.9 Å². The molecule has 1 aromatic heterocycles. The highest BCUT2D eigenvalue weighted by Gasteiger charge is 2.40. The third-order valence-corrected chi connectivity index (χ3v) is 6.54. The van der Waals surface area contributed by atoms with Crippen molar-refractivity contribution in [1.29, 1.82) is 0 Å². The summed E-state index contributed by atoms with van der Waals surface area (Å²) in [4.78, 5) is 51.9. The number of ether oxygens (including phenoxy) is 2. The Kier molecular flexibility index (Phi) is 9.83. The third-order valence-electron chi connectivity index (χ3n) is 6.16. The van der Waals surface area contributed by atoms with Crippen molar-refractivity contribution < 1.29 is 23.9 Å². The number of halogens is 1. The lowest BCUT2D eigenvalue weighted by Crippen LogP contribution is -2.60. The van der Waals surface area contributed by atoms with E-state index in [4.69, 9.17) is 9.47 Å². The van der Waals surface area contributed by atoms with Gasteiger partial charge in [-0.3, -0.25) is 14.5 Å². The molecular formula is C27H36BrN5O5. The number of nitrogens with one attached hydrogen (secondary N) is 1. The van der Waals surface area contributed by atoms with Crippen LogP contribution in [0.25, 0.3) is 0 Å². The van der Waals surface area contributed by atoms with Crippen LogP contribution in [0.3, 0.4) is 0 Å². The van der Waals surface area contributed by atoms with Crippen LogP contribution in [-0.2, 0) is 16.1 Å². The molecule has 206 valence electrons. The Labute approximate surface area is 232 Å². The summed E-state index contributed by atoms with van der Waals surface area (Å²) in [6.07, 6.45) is 1.29. The van der Waals surface area contributed by atoms with E-state index in [1.165, 1.54) is 6.20 Å². The minimum atomic E-state index is -1.04. The predicted molar refractivity (Wildman–Crippen MR) is 147 cm³/mol. The fourth-order valence-corrected chi connectivity index (χ4v) is 4.53. The van der Waals surface area contributed by atoms with E-state index in [0.29, 0.717) is 36.6 Å². The van der Waals surface area contributed by atoms with Crippen LogP contribution in [0.1, 0.15) is 57.1 Å². The van der Waals surface area contributed by atoms with Gasteiger partial charge in [0, 0.05) is 38.6 Å². The van der Waals surface area contributed by atoms with Gasteiger partial charge in [0.2, 0.25) is 5.78 Å². The molecule has 2 unspecified atom stereocenters. The molecule has 0 radical (unpaired) electrons. The van der Waals surface area contributed by atoms with E-state index in [9.17, 15) is 14.4 Å². The topological polar surface area (TPSA) is 114 Å². The molecular weight excluding hydrogens is 554 g/mol. The van der Waals surface area contributed by atoms with Crippen molar-refractivity contribution in [2.75, 3.05) is 32.1 Å². The van der Waals surface area contributed by atoms with Gasteiger partial charge in [-0.15, -0.1) is 0 Å². The number of aromatic nitrogens is 2. The van der Waals surface area contributed by atoms with Crippen LogP contribution in [0, 0.1) is 0 Å². The summed E-state index contributed by atoms with van der Waals surface area (Å²) in [7, 11) is 1.61. The molecule has 11 heteroatoms. The van der Waals surface area contributed by atoms with Gasteiger partial charge in [0.1, 0.15) is 22.0 Å². The fourth-order valence-electron chi connectivity index (χ4n) is 4.25. The number of Topliss-reactive ketones (excluding diaryl/α,β-unsaturated/α-hetero) is 2. The van der Waals surface area contributed by atoms with Crippen LogP contribution in [0.15, 0.2) is 35.1 Å². The van der Waals surface area contributed by atoms with Gasteiger partial charge in [0.25, 0.3) is 0 Å². The first kappa shape index (κ1) is 29.5. The van der Waals surface area contributed by atoms with Gasteiger partial charge in [-0.1, -0.05) is 19.1 Å². The average molecular weight is 591 g/mol. The number of benzene rings is 1. The van der Waals surface area contributed by atoms with E-state index in [1.54, 1.807) is 18.9 Å². The van der Waals surface area contributed by atoms with E-state index in [-0.39, 0.29) is 23.9 Å². The number of carbonyl (C=O) groups is 3. The molecule has 3 rings (SSSR count). The number of rotatable bonds is 9. The van der Waals surface area contributed by atoms with Gasteiger partial charge < -0.3 is 19.7 Å². The Morgan fingerprint density at radius 3 is 2.45 bits per heavy atom. The molecule has 1 saturated heterocycles. The first-order chi connectivity index (χ1) is 17.9. The van der Waals surface area contributed by atoms with Crippen LogP contribution in [-0.4, -0.2) is 81.9 Å². The van der Waals surface area contributed by atoms with Gasteiger partial charge >= 0.3 is 6.09 Å². The number of ketones is 2. The zero-order valence-corrected chi connectivity index (χ0v) is 24.4. The molecule has 0 aliphatic carbocycles. The lowest BCUT2D eigenvalue weighted by Gasteiger charge is -2.42. The van der Waals surface area contributed by atoms with E-state index in [0.717, 1.165) is 11.3 Å². The second-order valence-corrected chi connectivity index (χ2v) is 11.0. The van der Waals surface area contributed by atoms with Crippen molar-refractivity contribution in [3.8, 4) is 5.75 Å². The SMILES string of the molecule is CCC(=O)C(C(=O)c1nc(Br)cnc1NCc1ccc(OC)cc1)N1CCN(C(=O)OC(C)(C)C)CC1C. The maximum Gasteiger partial charge on any atom is 0.410 e. The molecule has 1 fully saturated rings. The number of piperazine rings is 1. The fraction of sp³-hybridized carbons (Fsp3) is 0.519. The van der Waals surface area contributed by atoms with Crippen LogP contribution >= 0.6 is 15.9 Å². The maximum absolute atomic E-state index is 13.9. The summed E-state index contributed by atoms with van der Waals surface area (Å²) < 4.78 is 11.1. The number of hydrogen-bond acceptors (Lipinski definition) is 9. The number of methoxy groups -OCH3 is 1. The summed E-state index contributed by atoms with van der Waals surface area (Å²) in [5, 5.41) is 3.19. The Balaban J connectivity index is 1.82. The summed E-state index contributed by atoms with van der Waals surface area (Å²) in [5.74, 6) is 0.397. The minimum absolute atomic E-state index is 0.0847. The molecule has 2 atom stereocenters. The molecule has 38 heavy (non-hydrogen) atoms. The van der Waals surface area contributed by atoms with E-state index in [2.05, 4.69) is 31.2 Å². The first-order valence-electron chi connectivity index (χ1n) is 12.6.